The number of amides is 2. The Labute approximate surface area is 204 Å². The molecule has 0 saturated heterocycles. The molecule has 1 aromatic carbocycles. The molecule has 2 N–H and O–H groups in total. The lowest BCUT2D eigenvalue weighted by Gasteiger charge is -2.27. The lowest BCUT2D eigenvalue weighted by Crippen LogP contribution is -2.27. The molecule has 2 heterocycles. The number of rotatable bonds is 6. The third-order valence-corrected chi connectivity index (χ3v) is 6.42. The van der Waals surface area contributed by atoms with E-state index in [9.17, 15) is 27.9 Å². The molecule has 1 aliphatic rings. The number of pyridine rings is 1. The normalized spacial score (nSPS) is 18.3. The van der Waals surface area contributed by atoms with Gasteiger partial charge in [-0.05, 0) is 55.9 Å². The summed E-state index contributed by atoms with van der Waals surface area (Å²) in [6.45, 7) is 0.163. The number of nitrogens with zero attached hydrogens (tertiary/aromatic N) is 4. The highest BCUT2D eigenvalue weighted by Crippen LogP contribution is 2.34. The van der Waals surface area contributed by atoms with Crippen LogP contribution in [0.3, 0.4) is 0 Å². The van der Waals surface area contributed by atoms with Crippen molar-refractivity contribution in [2.45, 2.75) is 37.9 Å². The Morgan fingerprint density at radius 2 is 1.94 bits per heavy atom. The minimum Gasteiger partial charge on any atom is -0.396 e. The van der Waals surface area contributed by atoms with E-state index < -0.39 is 29.4 Å². The lowest BCUT2D eigenvalue weighted by molar-refractivity contribution is -0.141. The van der Waals surface area contributed by atoms with Crippen molar-refractivity contribution < 1.29 is 32.7 Å². The number of halogens is 3. The minimum atomic E-state index is -4.71. The summed E-state index contributed by atoms with van der Waals surface area (Å²) in [4.78, 5) is 34.2. The van der Waals surface area contributed by atoms with E-state index in [1.54, 1.807) is 6.07 Å². The SMILES string of the molecule is CON(C)C(=O)c1cc2nn([C@H]3CC[C@H](CO)CC3)cc2cc1NC(=O)c1cccc(C(F)(F)F)n1. The first kappa shape index (κ1) is 25.6. The molecule has 36 heavy (non-hydrogen) atoms. The average molecular weight is 505 g/mol. The van der Waals surface area contributed by atoms with Crippen molar-refractivity contribution >= 4 is 28.4 Å². The number of aromatic nitrogens is 3. The molecule has 0 bridgehead atoms. The molecule has 4 rings (SSSR count). The van der Waals surface area contributed by atoms with E-state index in [0.717, 1.165) is 48.9 Å². The molecule has 0 aliphatic heterocycles. The van der Waals surface area contributed by atoms with Gasteiger partial charge in [-0.25, -0.2) is 10.0 Å². The molecule has 1 fully saturated rings. The highest BCUT2D eigenvalue weighted by molar-refractivity contribution is 6.10. The minimum absolute atomic E-state index is 0.0569. The van der Waals surface area contributed by atoms with Crippen LogP contribution < -0.4 is 5.32 Å². The molecule has 0 spiro atoms. The smallest absolute Gasteiger partial charge is 0.396 e. The van der Waals surface area contributed by atoms with Gasteiger partial charge in [0.1, 0.15) is 11.4 Å². The molecule has 1 aliphatic carbocycles. The Balaban J connectivity index is 1.68. The largest absolute Gasteiger partial charge is 0.433 e. The van der Waals surface area contributed by atoms with Crippen LogP contribution in [0, 0.1) is 5.92 Å². The molecule has 0 unspecified atom stereocenters. The topological polar surface area (TPSA) is 110 Å². The number of anilines is 1. The number of hydrogen-bond donors (Lipinski definition) is 2. The predicted octanol–water partition coefficient (Wildman–Crippen LogP) is 4.06. The summed E-state index contributed by atoms with van der Waals surface area (Å²) in [6.07, 6.45) is 0.564. The quantitative estimate of drug-likeness (QED) is 0.489. The monoisotopic (exact) mass is 505 g/mol. The number of aliphatic hydroxyl groups excluding tert-OH is 1. The van der Waals surface area contributed by atoms with Crippen molar-refractivity contribution in [1.82, 2.24) is 19.8 Å². The van der Waals surface area contributed by atoms with Gasteiger partial charge in [0.2, 0.25) is 0 Å². The summed E-state index contributed by atoms with van der Waals surface area (Å²) in [6, 6.07) is 6.22. The Hall–Kier alpha value is -3.51. The third kappa shape index (κ3) is 5.34. The van der Waals surface area contributed by atoms with Gasteiger partial charge in [-0.15, -0.1) is 0 Å². The van der Waals surface area contributed by atoms with Gasteiger partial charge in [-0.3, -0.25) is 19.1 Å². The number of carbonyl (C=O) groups is 2. The lowest BCUT2D eigenvalue weighted by atomic mass is 9.87. The fraction of sp³-hybridized carbons (Fsp3) is 0.417. The molecule has 0 atom stereocenters. The van der Waals surface area contributed by atoms with E-state index in [1.165, 1.54) is 20.2 Å². The zero-order chi connectivity index (χ0) is 26.0. The van der Waals surface area contributed by atoms with Gasteiger partial charge in [-0.1, -0.05) is 6.07 Å². The van der Waals surface area contributed by atoms with Crippen LogP contribution in [-0.4, -0.2) is 57.5 Å². The van der Waals surface area contributed by atoms with Crippen LogP contribution in [0.5, 0.6) is 0 Å². The standard InChI is InChI=1S/C24H26F3N5O4/c1-31(36-2)23(35)17-11-19-15(12-32(30-19)16-8-6-14(13-33)7-9-16)10-20(17)29-22(34)18-4-3-5-21(28-18)24(25,26)27/h3-5,10-12,14,16,33H,6-9,13H2,1-2H3,(H,29,34)/t14-,16-. The van der Waals surface area contributed by atoms with Crippen LogP contribution in [-0.2, 0) is 11.0 Å². The summed E-state index contributed by atoms with van der Waals surface area (Å²) >= 11 is 0. The van der Waals surface area contributed by atoms with Gasteiger partial charge >= 0.3 is 6.18 Å². The van der Waals surface area contributed by atoms with Crippen molar-refractivity contribution in [2.24, 2.45) is 5.92 Å². The summed E-state index contributed by atoms with van der Waals surface area (Å²) in [5.74, 6) is -1.19. The second-order valence-electron chi connectivity index (χ2n) is 8.77. The first-order valence-electron chi connectivity index (χ1n) is 11.4. The fourth-order valence-electron chi connectivity index (χ4n) is 4.31. The summed E-state index contributed by atoms with van der Waals surface area (Å²) in [5.41, 5.74) is -0.981. The van der Waals surface area contributed by atoms with Crippen LogP contribution in [0.15, 0.2) is 36.5 Å². The maximum atomic E-state index is 13.0. The van der Waals surface area contributed by atoms with Gasteiger partial charge in [0.05, 0.1) is 29.9 Å². The van der Waals surface area contributed by atoms with Crippen LogP contribution in [0.1, 0.15) is 58.3 Å². The number of alkyl halides is 3. The molecule has 0 radical (unpaired) electrons. The number of hydrogen-bond acceptors (Lipinski definition) is 6. The fourth-order valence-corrected chi connectivity index (χ4v) is 4.31. The Morgan fingerprint density at radius 1 is 1.22 bits per heavy atom. The summed E-state index contributed by atoms with van der Waals surface area (Å²) < 4.78 is 41.0. The number of benzene rings is 1. The van der Waals surface area contributed by atoms with Crippen LogP contribution in [0.4, 0.5) is 18.9 Å². The molecule has 2 aromatic heterocycles. The van der Waals surface area contributed by atoms with Gasteiger partial charge < -0.3 is 10.4 Å². The van der Waals surface area contributed by atoms with E-state index in [-0.39, 0.29) is 29.8 Å². The first-order chi connectivity index (χ1) is 17.1. The molecular formula is C24H26F3N5O4. The number of carbonyl (C=O) groups excluding carboxylic acids is 2. The molecule has 9 nitrogen and oxygen atoms in total. The molecule has 2 amide bonds. The van der Waals surface area contributed by atoms with E-state index in [4.69, 9.17) is 4.84 Å². The second kappa shape index (κ2) is 10.2. The zero-order valence-corrected chi connectivity index (χ0v) is 19.7. The van der Waals surface area contributed by atoms with Gasteiger partial charge in [0.25, 0.3) is 11.8 Å². The second-order valence-corrected chi connectivity index (χ2v) is 8.77. The predicted molar refractivity (Wildman–Crippen MR) is 124 cm³/mol. The number of nitrogens with one attached hydrogen (secondary N) is 1. The van der Waals surface area contributed by atoms with Crippen LogP contribution in [0.2, 0.25) is 0 Å². The number of fused-ring (bicyclic) bond motifs is 1. The van der Waals surface area contributed by atoms with Crippen molar-refractivity contribution in [2.75, 3.05) is 26.1 Å². The highest BCUT2D eigenvalue weighted by atomic mass is 19.4. The maximum absolute atomic E-state index is 13.0. The zero-order valence-electron chi connectivity index (χ0n) is 19.7. The molecular weight excluding hydrogens is 479 g/mol. The van der Waals surface area contributed by atoms with Crippen molar-refractivity contribution in [3.63, 3.8) is 0 Å². The van der Waals surface area contributed by atoms with Crippen molar-refractivity contribution in [3.8, 4) is 0 Å². The van der Waals surface area contributed by atoms with Gasteiger partial charge in [0.15, 0.2) is 0 Å². The first-order valence-corrected chi connectivity index (χ1v) is 11.4. The van der Waals surface area contributed by atoms with Gasteiger partial charge in [-0.2, -0.15) is 18.3 Å². The highest BCUT2D eigenvalue weighted by Gasteiger charge is 2.33. The molecule has 192 valence electrons. The molecule has 3 aromatic rings. The maximum Gasteiger partial charge on any atom is 0.433 e. The van der Waals surface area contributed by atoms with E-state index >= 15 is 0 Å². The van der Waals surface area contributed by atoms with Crippen LogP contribution >= 0.6 is 0 Å². The Bertz CT molecular complexity index is 1270. The summed E-state index contributed by atoms with van der Waals surface area (Å²) in [7, 11) is 2.70. The average Bonchev–Trinajstić information content (AvgIpc) is 3.30. The van der Waals surface area contributed by atoms with E-state index in [1.807, 2.05) is 10.9 Å². The van der Waals surface area contributed by atoms with E-state index in [2.05, 4.69) is 15.4 Å². The Morgan fingerprint density at radius 3 is 2.58 bits per heavy atom. The number of hydroxylamine groups is 2. The molecule has 12 heteroatoms. The Kier molecular flexibility index (Phi) is 7.27. The van der Waals surface area contributed by atoms with Crippen LogP contribution in [0.25, 0.3) is 10.9 Å². The van der Waals surface area contributed by atoms with Gasteiger partial charge in [0, 0.05) is 25.2 Å². The van der Waals surface area contributed by atoms with Crippen molar-refractivity contribution in [3.05, 3.63) is 53.5 Å². The van der Waals surface area contributed by atoms with Crippen molar-refractivity contribution in [1.29, 1.82) is 0 Å². The van der Waals surface area contributed by atoms with E-state index in [0.29, 0.717) is 10.9 Å². The number of aliphatic hydroxyl groups is 1. The summed E-state index contributed by atoms with van der Waals surface area (Å²) in [5, 5.41) is 18.1. The third-order valence-electron chi connectivity index (χ3n) is 6.42. The molecule has 1 saturated carbocycles.